The van der Waals surface area contributed by atoms with Gasteiger partial charge in [0.1, 0.15) is 6.04 Å². The summed E-state index contributed by atoms with van der Waals surface area (Å²) in [6.45, 7) is 6.04. The minimum atomic E-state index is -0.739. The van der Waals surface area contributed by atoms with Gasteiger partial charge in [0.15, 0.2) is 0 Å². The minimum Gasteiger partial charge on any atom is -0.480 e. The summed E-state index contributed by atoms with van der Waals surface area (Å²) in [6, 6.07) is -0.0809. The summed E-state index contributed by atoms with van der Waals surface area (Å²) in [6.07, 6.45) is 2.58. The summed E-state index contributed by atoms with van der Waals surface area (Å²) in [5.74, 6) is -0.739. The molecule has 3 nitrogen and oxygen atoms in total. The standard InChI is InChI=1S/C9H19NO2/c1-4-6-8(9(11)12)10-7(3)5-2/h7-8,10H,4-6H2,1-3H3,(H,11,12)/t7?,8-/m0/s1. The van der Waals surface area contributed by atoms with Crippen LogP contribution in [-0.2, 0) is 4.79 Å². The summed E-state index contributed by atoms with van der Waals surface area (Å²) < 4.78 is 0. The van der Waals surface area contributed by atoms with E-state index in [1.165, 1.54) is 0 Å². The van der Waals surface area contributed by atoms with E-state index >= 15 is 0 Å². The molecule has 0 saturated carbocycles. The molecule has 0 aliphatic rings. The summed E-state index contributed by atoms with van der Waals surface area (Å²) in [5, 5.41) is 11.9. The number of rotatable bonds is 6. The molecule has 0 aromatic carbocycles. The van der Waals surface area contributed by atoms with Crippen LogP contribution in [0.2, 0.25) is 0 Å². The average molecular weight is 173 g/mol. The van der Waals surface area contributed by atoms with E-state index < -0.39 is 5.97 Å². The molecule has 0 aromatic rings. The quantitative estimate of drug-likeness (QED) is 0.641. The van der Waals surface area contributed by atoms with E-state index in [1.807, 2.05) is 20.8 Å². The maximum absolute atomic E-state index is 10.7. The van der Waals surface area contributed by atoms with Crippen LogP contribution in [0.5, 0.6) is 0 Å². The summed E-state index contributed by atoms with van der Waals surface area (Å²) >= 11 is 0. The Morgan fingerprint density at radius 1 is 1.50 bits per heavy atom. The van der Waals surface area contributed by atoms with Gasteiger partial charge < -0.3 is 10.4 Å². The smallest absolute Gasteiger partial charge is 0.320 e. The zero-order chi connectivity index (χ0) is 9.56. The van der Waals surface area contributed by atoms with E-state index in [1.54, 1.807) is 0 Å². The highest BCUT2D eigenvalue weighted by Gasteiger charge is 2.16. The molecular formula is C9H19NO2. The van der Waals surface area contributed by atoms with Gasteiger partial charge >= 0.3 is 5.97 Å². The highest BCUT2D eigenvalue weighted by atomic mass is 16.4. The first-order chi connectivity index (χ1) is 5.61. The molecule has 0 heterocycles. The number of carbonyl (C=O) groups is 1. The normalized spacial score (nSPS) is 15.6. The lowest BCUT2D eigenvalue weighted by Gasteiger charge is -2.18. The van der Waals surface area contributed by atoms with Gasteiger partial charge in [0.05, 0.1) is 0 Å². The fraction of sp³-hybridized carbons (Fsp3) is 0.889. The zero-order valence-corrected chi connectivity index (χ0v) is 8.13. The second-order valence-electron chi connectivity index (χ2n) is 3.16. The molecule has 2 atom stereocenters. The molecule has 0 fully saturated rings. The Balaban J connectivity index is 3.86. The Morgan fingerprint density at radius 3 is 2.42 bits per heavy atom. The molecule has 0 spiro atoms. The molecule has 0 aliphatic carbocycles. The van der Waals surface area contributed by atoms with Crippen LogP contribution in [0.15, 0.2) is 0 Å². The maximum atomic E-state index is 10.7. The molecule has 0 radical (unpaired) electrons. The van der Waals surface area contributed by atoms with Crippen molar-refractivity contribution in [1.29, 1.82) is 0 Å². The second-order valence-corrected chi connectivity index (χ2v) is 3.16. The highest BCUT2D eigenvalue weighted by molar-refractivity contribution is 5.73. The third-order valence-corrected chi connectivity index (χ3v) is 1.97. The monoisotopic (exact) mass is 173 g/mol. The first-order valence-electron chi connectivity index (χ1n) is 4.60. The minimum absolute atomic E-state index is 0.289. The molecule has 0 bridgehead atoms. The van der Waals surface area contributed by atoms with E-state index in [0.717, 1.165) is 12.8 Å². The number of nitrogens with one attached hydrogen (secondary N) is 1. The lowest BCUT2D eigenvalue weighted by molar-refractivity contribution is -0.139. The topological polar surface area (TPSA) is 49.3 Å². The highest BCUT2D eigenvalue weighted by Crippen LogP contribution is 2.00. The van der Waals surface area contributed by atoms with Crippen molar-refractivity contribution >= 4 is 5.97 Å². The molecule has 2 N–H and O–H groups in total. The van der Waals surface area contributed by atoms with Gasteiger partial charge in [-0.05, 0) is 19.8 Å². The summed E-state index contributed by atoms with van der Waals surface area (Å²) in [5.41, 5.74) is 0. The van der Waals surface area contributed by atoms with Gasteiger partial charge in [-0.15, -0.1) is 0 Å². The van der Waals surface area contributed by atoms with Crippen molar-refractivity contribution in [2.75, 3.05) is 0 Å². The number of hydrogen-bond donors (Lipinski definition) is 2. The van der Waals surface area contributed by atoms with Crippen molar-refractivity contribution in [1.82, 2.24) is 5.32 Å². The summed E-state index contributed by atoms with van der Waals surface area (Å²) in [4.78, 5) is 10.7. The van der Waals surface area contributed by atoms with Crippen molar-refractivity contribution < 1.29 is 9.90 Å². The van der Waals surface area contributed by atoms with Crippen LogP contribution < -0.4 is 5.32 Å². The largest absolute Gasteiger partial charge is 0.480 e. The van der Waals surface area contributed by atoms with Crippen LogP contribution in [0, 0.1) is 0 Å². The molecule has 0 rings (SSSR count). The number of hydrogen-bond acceptors (Lipinski definition) is 2. The van der Waals surface area contributed by atoms with Crippen molar-refractivity contribution in [3.8, 4) is 0 Å². The molecule has 1 unspecified atom stereocenters. The SMILES string of the molecule is CCC[C@H](NC(C)CC)C(=O)O. The van der Waals surface area contributed by atoms with Crippen LogP contribution >= 0.6 is 0 Å². The third kappa shape index (κ3) is 4.34. The van der Waals surface area contributed by atoms with E-state index in [-0.39, 0.29) is 12.1 Å². The van der Waals surface area contributed by atoms with Gasteiger partial charge in [-0.2, -0.15) is 0 Å². The van der Waals surface area contributed by atoms with E-state index in [4.69, 9.17) is 5.11 Å². The fourth-order valence-corrected chi connectivity index (χ4v) is 1.03. The second kappa shape index (κ2) is 6.00. The van der Waals surface area contributed by atoms with E-state index in [2.05, 4.69) is 5.32 Å². The number of aliphatic carboxylic acids is 1. The molecule has 3 heteroatoms. The number of carboxylic acid groups (broad SMARTS) is 1. The Hall–Kier alpha value is -0.570. The summed E-state index contributed by atoms with van der Waals surface area (Å²) in [7, 11) is 0. The Kier molecular flexibility index (Phi) is 5.72. The molecule has 12 heavy (non-hydrogen) atoms. The van der Waals surface area contributed by atoms with Crippen molar-refractivity contribution in [2.24, 2.45) is 0 Å². The molecular weight excluding hydrogens is 154 g/mol. The van der Waals surface area contributed by atoms with Gasteiger partial charge in [0.2, 0.25) is 0 Å². The third-order valence-electron chi connectivity index (χ3n) is 1.97. The molecule has 0 amide bonds. The van der Waals surface area contributed by atoms with Gasteiger partial charge in [-0.1, -0.05) is 20.3 Å². The van der Waals surface area contributed by atoms with Crippen LogP contribution in [0.25, 0.3) is 0 Å². The van der Waals surface area contributed by atoms with Gasteiger partial charge in [0.25, 0.3) is 0 Å². The molecule has 72 valence electrons. The predicted octanol–water partition coefficient (Wildman–Crippen LogP) is 1.63. The van der Waals surface area contributed by atoms with Gasteiger partial charge in [-0.25, -0.2) is 0 Å². The van der Waals surface area contributed by atoms with Gasteiger partial charge in [-0.3, -0.25) is 4.79 Å². The van der Waals surface area contributed by atoms with Crippen LogP contribution in [0.3, 0.4) is 0 Å². The van der Waals surface area contributed by atoms with Gasteiger partial charge in [0, 0.05) is 6.04 Å². The Labute approximate surface area is 74.2 Å². The van der Waals surface area contributed by atoms with Crippen molar-refractivity contribution in [2.45, 2.75) is 52.1 Å². The molecule has 0 saturated heterocycles. The zero-order valence-electron chi connectivity index (χ0n) is 8.13. The first kappa shape index (κ1) is 11.4. The van der Waals surface area contributed by atoms with E-state index in [0.29, 0.717) is 6.42 Å². The van der Waals surface area contributed by atoms with Crippen LogP contribution in [0.1, 0.15) is 40.0 Å². The van der Waals surface area contributed by atoms with Crippen molar-refractivity contribution in [3.05, 3.63) is 0 Å². The van der Waals surface area contributed by atoms with E-state index in [9.17, 15) is 4.79 Å². The molecule has 0 aromatic heterocycles. The average Bonchev–Trinajstić information content (AvgIpc) is 2.03. The van der Waals surface area contributed by atoms with Crippen LogP contribution in [-0.4, -0.2) is 23.2 Å². The number of carboxylic acids is 1. The lowest BCUT2D eigenvalue weighted by atomic mass is 10.1. The Morgan fingerprint density at radius 2 is 2.08 bits per heavy atom. The molecule has 0 aliphatic heterocycles. The first-order valence-corrected chi connectivity index (χ1v) is 4.60. The van der Waals surface area contributed by atoms with Crippen LogP contribution in [0.4, 0.5) is 0 Å². The maximum Gasteiger partial charge on any atom is 0.320 e. The fourth-order valence-electron chi connectivity index (χ4n) is 1.03. The lowest BCUT2D eigenvalue weighted by Crippen LogP contribution is -2.41. The van der Waals surface area contributed by atoms with Crippen molar-refractivity contribution in [3.63, 3.8) is 0 Å². The predicted molar refractivity (Wildman–Crippen MR) is 49.2 cm³/mol. The Bertz CT molecular complexity index is 136.